The van der Waals surface area contributed by atoms with Gasteiger partial charge >= 0.3 is 0 Å². The molecule has 2 aromatic rings. The first-order valence-electron chi connectivity index (χ1n) is 5.59. The summed E-state index contributed by atoms with van der Waals surface area (Å²) in [4.78, 5) is 5.27. The number of rotatable bonds is 5. The second kappa shape index (κ2) is 5.67. The molecule has 17 heavy (non-hydrogen) atoms. The Hall–Kier alpha value is -0.840. The molecule has 2 rings (SSSR count). The molecule has 0 spiro atoms. The fourth-order valence-corrected chi connectivity index (χ4v) is 2.44. The van der Waals surface area contributed by atoms with Gasteiger partial charge in [-0.3, -0.25) is 0 Å². The summed E-state index contributed by atoms with van der Waals surface area (Å²) in [6.45, 7) is 5.12. The van der Waals surface area contributed by atoms with E-state index in [1.165, 1.54) is 11.3 Å². The zero-order chi connectivity index (χ0) is 12.3. The van der Waals surface area contributed by atoms with E-state index in [-0.39, 0.29) is 0 Å². The first kappa shape index (κ1) is 12.6. The molecule has 0 amide bonds. The maximum Gasteiger partial charge on any atom is 0.196 e. The molecule has 2 heterocycles. The van der Waals surface area contributed by atoms with Crippen LogP contribution in [-0.4, -0.2) is 17.6 Å². The highest BCUT2D eigenvalue weighted by Gasteiger charge is 2.08. The highest BCUT2D eigenvalue weighted by atomic mass is 35.5. The molecule has 0 saturated heterocycles. The van der Waals surface area contributed by atoms with Gasteiger partial charge in [-0.05, 0) is 12.1 Å². The summed E-state index contributed by atoms with van der Waals surface area (Å²) in [5.41, 5.74) is 0. The van der Waals surface area contributed by atoms with Crippen molar-refractivity contribution in [1.29, 1.82) is 0 Å². The lowest BCUT2D eigenvalue weighted by molar-refractivity contribution is 0.485. The van der Waals surface area contributed by atoms with Crippen LogP contribution in [0.3, 0.4) is 0 Å². The van der Waals surface area contributed by atoms with Crippen molar-refractivity contribution in [3.05, 3.63) is 28.6 Å². The average molecular weight is 271 g/mol. The van der Waals surface area contributed by atoms with Crippen LogP contribution >= 0.6 is 22.9 Å². The highest BCUT2D eigenvalue weighted by Crippen LogP contribution is 2.31. The van der Waals surface area contributed by atoms with Crippen molar-refractivity contribution >= 4 is 22.9 Å². The summed E-state index contributed by atoms with van der Waals surface area (Å²) in [5, 5.41) is 3.33. The Morgan fingerprint density at radius 3 is 2.94 bits per heavy atom. The number of hydrogen-bond donors (Lipinski definition) is 1. The maximum atomic E-state index is 5.88. The number of oxazole rings is 1. The zero-order valence-corrected chi connectivity index (χ0v) is 11.4. The van der Waals surface area contributed by atoms with Gasteiger partial charge < -0.3 is 9.73 Å². The van der Waals surface area contributed by atoms with Crippen LogP contribution in [0.1, 0.15) is 19.7 Å². The number of nitrogens with zero attached hydrogens (tertiary/aromatic N) is 1. The molecule has 0 unspecified atom stereocenters. The molecule has 0 saturated carbocycles. The zero-order valence-electron chi connectivity index (χ0n) is 9.87. The summed E-state index contributed by atoms with van der Waals surface area (Å²) in [5.74, 6) is 1.55. The van der Waals surface area contributed by atoms with Gasteiger partial charge in [0.15, 0.2) is 11.7 Å². The molecule has 1 N–H and O–H groups in total. The fraction of sp³-hybridized carbons (Fsp3) is 0.417. The van der Waals surface area contributed by atoms with Crippen molar-refractivity contribution in [3.8, 4) is 10.6 Å². The largest absolute Gasteiger partial charge is 0.440 e. The molecular formula is C12H15ClN2OS. The molecular weight excluding hydrogens is 256 g/mol. The Morgan fingerprint density at radius 1 is 1.47 bits per heavy atom. The van der Waals surface area contributed by atoms with Crippen LogP contribution in [0.25, 0.3) is 10.6 Å². The van der Waals surface area contributed by atoms with Gasteiger partial charge in [-0.25, -0.2) is 4.98 Å². The lowest BCUT2D eigenvalue weighted by Gasteiger charge is -2.05. The lowest BCUT2D eigenvalue weighted by atomic mass is 10.3. The Labute approximate surface area is 110 Å². The van der Waals surface area contributed by atoms with E-state index in [4.69, 9.17) is 16.0 Å². The van der Waals surface area contributed by atoms with Crippen LogP contribution in [0.4, 0.5) is 0 Å². The normalized spacial score (nSPS) is 11.3. The molecule has 5 heteroatoms. The standard InChI is InChI=1S/C12H15ClN2OS/c1-8(2)14-6-5-12-15-7-9(16-12)10-3-4-11(13)17-10/h3-4,7-8,14H,5-6H2,1-2H3. The van der Waals surface area contributed by atoms with Gasteiger partial charge in [0.25, 0.3) is 0 Å². The van der Waals surface area contributed by atoms with Gasteiger partial charge in [-0.15, -0.1) is 11.3 Å². The number of nitrogens with one attached hydrogen (secondary N) is 1. The fourth-order valence-electron chi connectivity index (χ4n) is 1.45. The molecule has 0 aliphatic heterocycles. The summed E-state index contributed by atoms with van der Waals surface area (Å²) in [6.07, 6.45) is 2.56. The summed E-state index contributed by atoms with van der Waals surface area (Å²) in [7, 11) is 0. The molecule has 2 aromatic heterocycles. The molecule has 0 radical (unpaired) electrons. The second-order valence-electron chi connectivity index (χ2n) is 4.08. The van der Waals surface area contributed by atoms with Gasteiger partial charge in [0.2, 0.25) is 0 Å². The summed E-state index contributed by atoms with van der Waals surface area (Å²) < 4.78 is 6.43. The molecule has 3 nitrogen and oxygen atoms in total. The predicted molar refractivity (Wildman–Crippen MR) is 71.7 cm³/mol. The van der Waals surface area contributed by atoms with E-state index in [0.29, 0.717) is 6.04 Å². The molecule has 0 aromatic carbocycles. The first-order valence-corrected chi connectivity index (χ1v) is 6.78. The monoisotopic (exact) mass is 270 g/mol. The first-order chi connectivity index (χ1) is 8.15. The molecule has 0 atom stereocenters. The van der Waals surface area contributed by atoms with Crippen molar-refractivity contribution in [2.75, 3.05) is 6.54 Å². The molecule has 0 aliphatic rings. The van der Waals surface area contributed by atoms with E-state index in [0.717, 1.165) is 33.8 Å². The van der Waals surface area contributed by atoms with Crippen molar-refractivity contribution < 1.29 is 4.42 Å². The van der Waals surface area contributed by atoms with Crippen molar-refractivity contribution in [1.82, 2.24) is 10.3 Å². The summed E-state index contributed by atoms with van der Waals surface area (Å²) >= 11 is 7.38. The van der Waals surface area contributed by atoms with E-state index in [1.54, 1.807) is 6.20 Å². The van der Waals surface area contributed by atoms with Crippen LogP contribution in [0, 0.1) is 0 Å². The van der Waals surface area contributed by atoms with Crippen LogP contribution in [-0.2, 0) is 6.42 Å². The van der Waals surface area contributed by atoms with E-state index < -0.39 is 0 Å². The number of hydrogen-bond acceptors (Lipinski definition) is 4. The third-order valence-corrected chi connectivity index (χ3v) is 3.51. The minimum absolute atomic E-state index is 0.487. The van der Waals surface area contributed by atoms with Crippen LogP contribution in [0.15, 0.2) is 22.7 Å². The van der Waals surface area contributed by atoms with Gasteiger partial charge in [-0.1, -0.05) is 25.4 Å². The number of thiophene rings is 1. The highest BCUT2D eigenvalue weighted by molar-refractivity contribution is 7.19. The minimum atomic E-state index is 0.487. The van der Waals surface area contributed by atoms with Gasteiger partial charge in [0.1, 0.15) is 0 Å². The van der Waals surface area contributed by atoms with Gasteiger partial charge in [0.05, 0.1) is 15.4 Å². The third-order valence-electron chi connectivity index (χ3n) is 2.26. The number of halogens is 1. The SMILES string of the molecule is CC(C)NCCc1ncc(-c2ccc(Cl)s2)o1. The van der Waals surface area contributed by atoms with Gasteiger partial charge in [-0.2, -0.15) is 0 Å². The smallest absolute Gasteiger partial charge is 0.196 e. The van der Waals surface area contributed by atoms with E-state index in [1.807, 2.05) is 12.1 Å². The molecule has 0 aliphatic carbocycles. The van der Waals surface area contributed by atoms with Crippen molar-refractivity contribution in [2.24, 2.45) is 0 Å². The molecule has 0 bridgehead atoms. The van der Waals surface area contributed by atoms with E-state index in [2.05, 4.69) is 24.1 Å². The molecule has 92 valence electrons. The topological polar surface area (TPSA) is 38.1 Å². The van der Waals surface area contributed by atoms with E-state index in [9.17, 15) is 0 Å². The Morgan fingerprint density at radius 2 is 2.29 bits per heavy atom. The average Bonchev–Trinajstić information content (AvgIpc) is 2.86. The van der Waals surface area contributed by atoms with Crippen LogP contribution < -0.4 is 5.32 Å². The summed E-state index contributed by atoms with van der Waals surface area (Å²) in [6, 6.07) is 4.30. The maximum absolute atomic E-state index is 5.88. The second-order valence-corrected chi connectivity index (χ2v) is 5.80. The molecule has 0 fully saturated rings. The van der Waals surface area contributed by atoms with Crippen molar-refractivity contribution in [3.63, 3.8) is 0 Å². The van der Waals surface area contributed by atoms with Crippen molar-refractivity contribution in [2.45, 2.75) is 26.3 Å². The van der Waals surface area contributed by atoms with E-state index >= 15 is 0 Å². The Bertz CT molecular complexity index is 478. The predicted octanol–water partition coefficient (Wildman–Crippen LogP) is 3.60. The Kier molecular flexibility index (Phi) is 4.20. The lowest BCUT2D eigenvalue weighted by Crippen LogP contribution is -2.24. The third kappa shape index (κ3) is 3.56. The quantitative estimate of drug-likeness (QED) is 0.902. The van der Waals surface area contributed by atoms with Crippen LogP contribution in [0.5, 0.6) is 0 Å². The minimum Gasteiger partial charge on any atom is -0.440 e. The Balaban J connectivity index is 1.96. The van der Waals surface area contributed by atoms with Gasteiger partial charge in [0, 0.05) is 19.0 Å². The van der Waals surface area contributed by atoms with Crippen LogP contribution in [0.2, 0.25) is 4.34 Å². The number of aromatic nitrogens is 1.